The summed E-state index contributed by atoms with van der Waals surface area (Å²) in [6.45, 7) is 2.06. The average Bonchev–Trinajstić information content (AvgIpc) is 2.89. The van der Waals surface area contributed by atoms with Crippen molar-refractivity contribution in [2.75, 3.05) is 5.84 Å². The summed E-state index contributed by atoms with van der Waals surface area (Å²) in [5.74, 6) is 7.50. The minimum atomic E-state index is 0.621. The van der Waals surface area contributed by atoms with E-state index in [1.54, 1.807) is 6.07 Å². The highest BCUT2D eigenvalue weighted by molar-refractivity contribution is 7.98. The summed E-state index contributed by atoms with van der Waals surface area (Å²) in [5.41, 5.74) is 3.36. The molecule has 2 aromatic carbocycles. The minimum absolute atomic E-state index is 0.621. The van der Waals surface area contributed by atoms with E-state index in [1.165, 1.54) is 22.0 Å². The Kier molecular flexibility index (Phi) is 5.33. The molecule has 124 valence electrons. The smallest absolute Gasteiger partial charge is 0.210 e. The third kappa shape index (κ3) is 4.04. The third-order valence-electron chi connectivity index (χ3n) is 3.59. The van der Waals surface area contributed by atoms with Crippen molar-refractivity contribution in [2.45, 2.75) is 24.3 Å². The number of aromatic nitrogens is 3. The van der Waals surface area contributed by atoms with Crippen LogP contribution in [0.4, 0.5) is 0 Å². The fraction of sp³-hybridized carbons (Fsp3) is 0.176. The van der Waals surface area contributed by atoms with Crippen LogP contribution in [0.1, 0.15) is 22.5 Å². The van der Waals surface area contributed by atoms with Gasteiger partial charge in [0.25, 0.3) is 0 Å². The molecule has 0 saturated carbocycles. The molecule has 3 rings (SSSR count). The summed E-state index contributed by atoms with van der Waals surface area (Å²) >= 11 is 13.6. The first kappa shape index (κ1) is 17.1. The van der Waals surface area contributed by atoms with E-state index >= 15 is 0 Å². The molecule has 7 heteroatoms. The van der Waals surface area contributed by atoms with E-state index in [0.29, 0.717) is 27.4 Å². The molecule has 0 radical (unpaired) electrons. The van der Waals surface area contributed by atoms with Crippen LogP contribution in [0.3, 0.4) is 0 Å². The van der Waals surface area contributed by atoms with Crippen LogP contribution in [0.25, 0.3) is 0 Å². The molecule has 24 heavy (non-hydrogen) atoms. The molecule has 0 aliphatic carbocycles. The number of hydrogen-bond acceptors (Lipinski definition) is 4. The molecule has 0 unspecified atom stereocenters. The molecule has 0 amide bonds. The molecule has 0 atom stereocenters. The molecule has 1 heterocycles. The van der Waals surface area contributed by atoms with Gasteiger partial charge in [-0.15, -0.1) is 10.2 Å². The average molecular weight is 379 g/mol. The van der Waals surface area contributed by atoms with E-state index in [4.69, 9.17) is 29.0 Å². The first-order valence-corrected chi connectivity index (χ1v) is 9.08. The first-order chi connectivity index (χ1) is 11.5. The maximum atomic E-state index is 6.19. The van der Waals surface area contributed by atoms with Gasteiger partial charge in [-0.3, -0.25) is 0 Å². The van der Waals surface area contributed by atoms with Crippen LogP contribution >= 0.6 is 35.0 Å². The zero-order valence-corrected chi connectivity index (χ0v) is 15.4. The zero-order valence-electron chi connectivity index (χ0n) is 13.0. The van der Waals surface area contributed by atoms with E-state index in [-0.39, 0.29) is 0 Å². The van der Waals surface area contributed by atoms with Crippen LogP contribution in [0.5, 0.6) is 0 Å². The fourth-order valence-electron chi connectivity index (χ4n) is 2.20. The molecule has 0 saturated heterocycles. The van der Waals surface area contributed by atoms with Crippen molar-refractivity contribution >= 4 is 35.0 Å². The van der Waals surface area contributed by atoms with Gasteiger partial charge in [0.2, 0.25) is 5.16 Å². The van der Waals surface area contributed by atoms with Crippen molar-refractivity contribution in [3.63, 3.8) is 0 Å². The molecule has 1 aromatic heterocycles. The van der Waals surface area contributed by atoms with Crippen molar-refractivity contribution in [3.05, 3.63) is 75.0 Å². The van der Waals surface area contributed by atoms with Gasteiger partial charge in [-0.05, 0) is 30.2 Å². The molecule has 0 spiro atoms. The summed E-state index contributed by atoms with van der Waals surface area (Å²) in [7, 11) is 0. The number of nitrogens with zero attached hydrogens (tertiary/aromatic N) is 3. The van der Waals surface area contributed by atoms with Crippen LogP contribution in [0.15, 0.2) is 47.6 Å². The van der Waals surface area contributed by atoms with Gasteiger partial charge in [-0.1, -0.05) is 70.9 Å². The maximum Gasteiger partial charge on any atom is 0.210 e. The second-order valence-corrected chi connectivity index (χ2v) is 7.24. The lowest BCUT2D eigenvalue weighted by Crippen LogP contribution is -2.14. The van der Waals surface area contributed by atoms with Crippen LogP contribution < -0.4 is 5.84 Å². The van der Waals surface area contributed by atoms with Crippen LogP contribution in [0, 0.1) is 6.92 Å². The number of halogens is 2. The van der Waals surface area contributed by atoms with E-state index in [2.05, 4.69) is 41.4 Å². The monoisotopic (exact) mass is 378 g/mol. The normalized spacial score (nSPS) is 11.0. The number of benzene rings is 2. The molecule has 4 nitrogen and oxygen atoms in total. The topological polar surface area (TPSA) is 56.7 Å². The largest absolute Gasteiger partial charge is 0.336 e. The van der Waals surface area contributed by atoms with Gasteiger partial charge in [-0.25, -0.2) is 4.68 Å². The molecule has 3 aromatic rings. The maximum absolute atomic E-state index is 6.19. The van der Waals surface area contributed by atoms with E-state index in [9.17, 15) is 0 Å². The summed E-state index contributed by atoms with van der Waals surface area (Å²) in [6, 6.07) is 13.8. The van der Waals surface area contributed by atoms with E-state index < -0.39 is 0 Å². The van der Waals surface area contributed by atoms with E-state index in [1.807, 2.05) is 12.1 Å². The lowest BCUT2D eigenvalue weighted by molar-refractivity contribution is 0.805. The molecule has 0 fully saturated rings. The molecule has 0 aliphatic heterocycles. The van der Waals surface area contributed by atoms with Gasteiger partial charge < -0.3 is 5.84 Å². The summed E-state index contributed by atoms with van der Waals surface area (Å²) in [4.78, 5) is 0. The molecule has 2 N–H and O–H groups in total. The highest BCUT2D eigenvalue weighted by Crippen LogP contribution is 2.27. The highest BCUT2D eigenvalue weighted by atomic mass is 35.5. The Morgan fingerprint density at radius 2 is 1.83 bits per heavy atom. The highest BCUT2D eigenvalue weighted by Gasteiger charge is 2.12. The molecular weight excluding hydrogens is 363 g/mol. The minimum Gasteiger partial charge on any atom is -0.336 e. The summed E-state index contributed by atoms with van der Waals surface area (Å²) in [6.07, 6.45) is 0.645. The first-order valence-electron chi connectivity index (χ1n) is 7.34. The number of rotatable bonds is 5. The number of nitrogen functional groups attached to an aromatic ring is 1. The number of hydrogen-bond donors (Lipinski definition) is 1. The second kappa shape index (κ2) is 7.47. The van der Waals surface area contributed by atoms with Gasteiger partial charge >= 0.3 is 0 Å². The van der Waals surface area contributed by atoms with Crippen molar-refractivity contribution in [2.24, 2.45) is 0 Å². The van der Waals surface area contributed by atoms with Crippen molar-refractivity contribution < 1.29 is 0 Å². The Labute approximate surface area is 155 Å². The fourth-order valence-corrected chi connectivity index (χ4v) is 3.63. The second-order valence-electron chi connectivity index (χ2n) is 5.46. The van der Waals surface area contributed by atoms with Crippen LogP contribution in [0.2, 0.25) is 10.0 Å². The van der Waals surface area contributed by atoms with Crippen molar-refractivity contribution in [3.8, 4) is 0 Å². The number of thioether (sulfide) groups is 1. The predicted octanol–water partition coefficient (Wildman–Crippen LogP) is 4.49. The standard InChI is InChI=1S/C17H16Cl2N4S/c1-11-2-4-12(5-3-11)8-16-21-22-17(23(16)20)24-10-13-6-7-14(18)9-15(13)19/h2-7,9H,8,10,20H2,1H3. The quantitative estimate of drug-likeness (QED) is 0.524. The predicted molar refractivity (Wildman–Crippen MR) is 100 cm³/mol. The SMILES string of the molecule is Cc1ccc(Cc2nnc(SCc3ccc(Cl)cc3Cl)n2N)cc1. The molecule has 0 bridgehead atoms. The van der Waals surface area contributed by atoms with Crippen LogP contribution in [-0.4, -0.2) is 14.9 Å². The lowest BCUT2D eigenvalue weighted by atomic mass is 10.1. The summed E-state index contributed by atoms with van der Waals surface area (Å²) < 4.78 is 1.54. The Morgan fingerprint density at radius 1 is 1.08 bits per heavy atom. The van der Waals surface area contributed by atoms with Gasteiger partial charge in [0.05, 0.1) is 0 Å². The zero-order chi connectivity index (χ0) is 17.1. The van der Waals surface area contributed by atoms with E-state index in [0.717, 1.165) is 17.0 Å². The molecule has 0 aliphatic rings. The third-order valence-corrected chi connectivity index (χ3v) is 5.17. The Hall–Kier alpha value is -1.69. The Balaban J connectivity index is 1.69. The van der Waals surface area contributed by atoms with Gasteiger partial charge in [0.15, 0.2) is 5.82 Å². The lowest BCUT2D eigenvalue weighted by Gasteiger charge is -2.06. The Bertz CT molecular complexity index is 846. The van der Waals surface area contributed by atoms with Gasteiger partial charge in [-0.2, -0.15) is 0 Å². The Morgan fingerprint density at radius 3 is 2.54 bits per heavy atom. The number of aryl methyl sites for hydroxylation is 1. The van der Waals surface area contributed by atoms with Crippen molar-refractivity contribution in [1.29, 1.82) is 0 Å². The van der Waals surface area contributed by atoms with Gasteiger partial charge in [0, 0.05) is 22.2 Å². The van der Waals surface area contributed by atoms with Gasteiger partial charge in [0.1, 0.15) is 0 Å². The molecular formula is C17H16Cl2N4S. The van der Waals surface area contributed by atoms with Crippen molar-refractivity contribution in [1.82, 2.24) is 14.9 Å². The number of nitrogens with two attached hydrogens (primary N) is 1. The van der Waals surface area contributed by atoms with Crippen LogP contribution in [-0.2, 0) is 12.2 Å². The summed E-state index contributed by atoms with van der Waals surface area (Å²) in [5, 5.41) is 10.3.